The van der Waals surface area contributed by atoms with E-state index < -0.39 is 85.5 Å². The Hall–Kier alpha value is -0.560. The SMILES string of the molecule is C[C@@H]1C[C@H]2O[C@]3(C[C@@]4(C)[C@@H]5[C@@H](O)C[C@H]6C(C)(C)[C@@H](O[C@@H]7OC[C@@H](O)[C@H](O)[C@H]7O)CC[C@@]67C[C@@]57CC[C@]4(C)[C@@H]13)O[C@H]2C(C)(C)O[C@H]1O[C@@H](CO)[C@H](O)[C@@H](O)[C@@H]1O. The number of aliphatic hydroxyl groups excluding tert-OH is 8. The molecule has 4 heterocycles. The van der Waals surface area contributed by atoms with Crippen molar-refractivity contribution in [2.45, 2.75) is 191 Å². The summed E-state index contributed by atoms with van der Waals surface area (Å²) in [4.78, 5) is 0. The fourth-order valence-electron chi connectivity index (χ4n) is 15.5. The van der Waals surface area contributed by atoms with Gasteiger partial charge in [0, 0.05) is 12.3 Å². The molecule has 5 aliphatic carbocycles. The number of aliphatic hydroxyl groups is 8. The molecule has 9 rings (SSSR count). The van der Waals surface area contributed by atoms with Gasteiger partial charge in [-0.3, -0.25) is 0 Å². The molecule has 0 aromatic heterocycles. The predicted molar refractivity (Wildman–Crippen MR) is 191 cm³/mol. The maximum absolute atomic E-state index is 12.6. The summed E-state index contributed by atoms with van der Waals surface area (Å²) in [5, 5.41) is 85.1. The van der Waals surface area contributed by atoms with Gasteiger partial charge in [-0.25, -0.2) is 0 Å². The highest BCUT2D eigenvalue weighted by molar-refractivity contribution is 5.34. The Morgan fingerprint density at radius 2 is 1.44 bits per heavy atom. The molecule has 0 radical (unpaired) electrons. The van der Waals surface area contributed by atoms with Crippen LogP contribution in [0, 0.1) is 50.7 Å². The molecule has 5 saturated carbocycles. The minimum atomic E-state index is -1.55. The van der Waals surface area contributed by atoms with Crippen LogP contribution in [0.3, 0.4) is 0 Å². The smallest absolute Gasteiger partial charge is 0.187 e. The summed E-state index contributed by atoms with van der Waals surface area (Å²) in [6.45, 7) is 14.6. The van der Waals surface area contributed by atoms with Gasteiger partial charge < -0.3 is 69.3 Å². The highest BCUT2D eigenvalue weighted by atomic mass is 16.8. The van der Waals surface area contributed by atoms with E-state index in [9.17, 15) is 40.9 Å². The molecule has 14 nitrogen and oxygen atoms in total. The molecule has 22 atom stereocenters. The van der Waals surface area contributed by atoms with Gasteiger partial charge in [-0.05, 0) is 104 Å². The van der Waals surface area contributed by atoms with Gasteiger partial charge in [0.2, 0.25) is 0 Å². The maximum Gasteiger partial charge on any atom is 0.187 e. The quantitative estimate of drug-likeness (QED) is 0.176. The zero-order valence-corrected chi connectivity index (χ0v) is 33.4. The predicted octanol–water partition coefficient (Wildman–Crippen LogP) is 0.946. The lowest BCUT2D eigenvalue weighted by molar-refractivity contribution is -0.334. The molecule has 4 aliphatic heterocycles. The van der Waals surface area contributed by atoms with E-state index in [1.807, 2.05) is 13.8 Å². The summed E-state index contributed by atoms with van der Waals surface area (Å²) in [6, 6.07) is 0. The number of rotatable bonds is 6. The van der Waals surface area contributed by atoms with Gasteiger partial charge in [0.15, 0.2) is 18.4 Å². The Labute approximate surface area is 323 Å². The van der Waals surface area contributed by atoms with Gasteiger partial charge in [-0.15, -0.1) is 0 Å². The minimum Gasteiger partial charge on any atom is -0.394 e. The average molecular weight is 783 g/mol. The summed E-state index contributed by atoms with van der Waals surface area (Å²) in [5.74, 6) is -0.345. The van der Waals surface area contributed by atoms with Crippen LogP contribution in [0.5, 0.6) is 0 Å². The molecule has 9 aliphatic rings. The van der Waals surface area contributed by atoms with Crippen LogP contribution in [0.4, 0.5) is 0 Å². The Bertz CT molecular complexity index is 1510. The minimum absolute atomic E-state index is 0.0384. The van der Waals surface area contributed by atoms with Gasteiger partial charge in [-0.1, -0.05) is 34.6 Å². The highest BCUT2D eigenvalue weighted by Crippen LogP contribution is 2.90. The topological polar surface area (TPSA) is 217 Å². The number of hydrogen-bond donors (Lipinski definition) is 8. The van der Waals surface area contributed by atoms with Gasteiger partial charge in [-0.2, -0.15) is 0 Å². The molecule has 0 aromatic carbocycles. The molecule has 2 bridgehead atoms. The van der Waals surface area contributed by atoms with Crippen LogP contribution < -0.4 is 0 Å². The fraction of sp³-hybridized carbons (Fsp3) is 1.00. The number of fused-ring (bicyclic) bond motifs is 4. The lowest BCUT2D eigenvalue weighted by Crippen LogP contribution is -2.63. The van der Waals surface area contributed by atoms with Crippen LogP contribution in [0.15, 0.2) is 0 Å². The second-order valence-electron chi connectivity index (χ2n) is 21.2. The molecule has 14 heteroatoms. The van der Waals surface area contributed by atoms with Crippen molar-refractivity contribution in [3.8, 4) is 0 Å². The second kappa shape index (κ2) is 12.5. The van der Waals surface area contributed by atoms with Crippen LogP contribution in [0.1, 0.15) is 99.8 Å². The molecule has 8 N–H and O–H groups in total. The number of ether oxygens (including phenoxy) is 6. The van der Waals surface area contributed by atoms with E-state index in [0.717, 1.165) is 38.5 Å². The van der Waals surface area contributed by atoms with Crippen molar-refractivity contribution in [3.05, 3.63) is 0 Å². The van der Waals surface area contributed by atoms with E-state index in [1.165, 1.54) is 0 Å². The molecule has 55 heavy (non-hydrogen) atoms. The van der Waals surface area contributed by atoms with Gasteiger partial charge in [0.25, 0.3) is 0 Å². The highest BCUT2D eigenvalue weighted by Gasteiger charge is 2.87. The van der Waals surface area contributed by atoms with Crippen molar-refractivity contribution >= 4 is 0 Å². The Kier molecular flexibility index (Phi) is 9.06. The zero-order chi connectivity index (χ0) is 39.6. The summed E-state index contributed by atoms with van der Waals surface area (Å²) in [6.07, 6.45) is -6.67. The molecule has 3 spiro atoms. The van der Waals surface area contributed by atoms with E-state index >= 15 is 0 Å². The number of hydrogen-bond acceptors (Lipinski definition) is 14. The molecule has 314 valence electrons. The van der Waals surface area contributed by atoms with E-state index in [4.69, 9.17) is 28.4 Å². The summed E-state index contributed by atoms with van der Waals surface area (Å²) < 4.78 is 38.6. The molecule has 9 fully saturated rings. The first-order valence-corrected chi connectivity index (χ1v) is 21.0. The fourth-order valence-corrected chi connectivity index (χ4v) is 15.5. The Balaban J connectivity index is 0.974. The van der Waals surface area contributed by atoms with Gasteiger partial charge in [0.05, 0.1) is 37.1 Å². The first kappa shape index (κ1) is 39.9. The zero-order valence-electron chi connectivity index (χ0n) is 33.4. The van der Waals surface area contributed by atoms with E-state index in [0.29, 0.717) is 12.8 Å². The van der Waals surface area contributed by atoms with E-state index in [1.54, 1.807) is 0 Å². The Morgan fingerprint density at radius 1 is 0.727 bits per heavy atom. The molecule has 0 unspecified atom stereocenters. The molecule has 0 amide bonds. The monoisotopic (exact) mass is 782 g/mol. The molecular formula is C41H66O14. The standard InChI is InChI=1S/C41H66O14/c1-18-12-21-32(36(4,5)55-34-29(49)27(47)26(46)22(14-42)51-34)54-41(53-21)16-38(7)31-19(43)13-23-35(2,3)24(52-33-28(48)25(45)20(44)15-50-33)8-9-39(23)17-40(31,39)11-10-37(38,6)30(18)41/h18-34,42-49H,8-17H2,1-7H3/t18-,19+,20-,21-,22+,23+,24+,25+,26+,27-,28-,29+,30-,31+,32-,33+,34-,37-,38+,39-,40+,41-/m1/s1. The summed E-state index contributed by atoms with van der Waals surface area (Å²) in [5.41, 5.74) is -1.87. The normalized spacial score (nSPS) is 60.6. The van der Waals surface area contributed by atoms with Crippen molar-refractivity contribution in [2.24, 2.45) is 50.7 Å². The van der Waals surface area contributed by atoms with Crippen molar-refractivity contribution in [2.75, 3.05) is 13.2 Å². The molecule has 0 aromatic rings. The third-order valence-electron chi connectivity index (χ3n) is 18.0. The third-order valence-corrected chi connectivity index (χ3v) is 18.0. The largest absolute Gasteiger partial charge is 0.394 e. The third kappa shape index (κ3) is 5.10. The first-order valence-electron chi connectivity index (χ1n) is 21.0. The van der Waals surface area contributed by atoms with Crippen molar-refractivity contribution < 1.29 is 69.3 Å². The van der Waals surface area contributed by atoms with Crippen molar-refractivity contribution in [1.82, 2.24) is 0 Å². The Morgan fingerprint density at radius 3 is 2.15 bits per heavy atom. The van der Waals surface area contributed by atoms with Crippen LogP contribution in [0.2, 0.25) is 0 Å². The van der Waals surface area contributed by atoms with Gasteiger partial charge in [0.1, 0.15) is 48.8 Å². The van der Waals surface area contributed by atoms with Crippen molar-refractivity contribution in [1.29, 1.82) is 0 Å². The van der Waals surface area contributed by atoms with Crippen LogP contribution >= 0.6 is 0 Å². The second-order valence-corrected chi connectivity index (χ2v) is 21.2. The summed E-state index contributed by atoms with van der Waals surface area (Å²) >= 11 is 0. The van der Waals surface area contributed by atoms with Crippen LogP contribution in [-0.4, -0.2) is 145 Å². The summed E-state index contributed by atoms with van der Waals surface area (Å²) in [7, 11) is 0. The molecule has 4 saturated heterocycles. The van der Waals surface area contributed by atoms with Gasteiger partial charge >= 0.3 is 0 Å². The lowest BCUT2D eigenvalue weighted by Gasteiger charge is -2.64. The first-order chi connectivity index (χ1) is 25.6. The van der Waals surface area contributed by atoms with Crippen molar-refractivity contribution in [3.63, 3.8) is 0 Å². The van der Waals surface area contributed by atoms with Crippen LogP contribution in [-0.2, 0) is 28.4 Å². The maximum atomic E-state index is 12.6. The molecular weight excluding hydrogens is 716 g/mol. The van der Waals surface area contributed by atoms with E-state index in [-0.39, 0.29) is 69.6 Å². The average Bonchev–Trinajstić information content (AvgIpc) is 3.58. The van der Waals surface area contributed by atoms with E-state index in [2.05, 4.69) is 34.6 Å². The lowest BCUT2D eigenvalue weighted by atomic mass is 9.41. The van der Waals surface area contributed by atoms with Crippen LogP contribution in [0.25, 0.3) is 0 Å².